The molecule has 5 heteroatoms. The summed E-state index contributed by atoms with van der Waals surface area (Å²) >= 11 is 0.998. The molecule has 0 unspecified atom stereocenters. The summed E-state index contributed by atoms with van der Waals surface area (Å²) < 4.78 is 1.71. The van der Waals surface area contributed by atoms with E-state index in [2.05, 4.69) is 0 Å². The van der Waals surface area contributed by atoms with Crippen molar-refractivity contribution in [3.8, 4) is 0 Å². The lowest BCUT2D eigenvalue weighted by molar-refractivity contribution is 0.0701. The molecule has 0 aliphatic heterocycles. The summed E-state index contributed by atoms with van der Waals surface area (Å²) in [6.07, 6.45) is 0. The minimum absolute atomic E-state index is 0.242. The quantitative estimate of drug-likeness (QED) is 0.873. The van der Waals surface area contributed by atoms with Gasteiger partial charge in [0, 0.05) is 5.69 Å². The summed E-state index contributed by atoms with van der Waals surface area (Å²) in [6, 6.07) is 9.71. The summed E-state index contributed by atoms with van der Waals surface area (Å²) in [4.78, 5) is 11.5. The van der Waals surface area contributed by atoms with Gasteiger partial charge in [-0.2, -0.15) is 0 Å². The molecule has 0 atom stereocenters. The molecular formula is C12H12N2O2S. The van der Waals surface area contributed by atoms with Crippen molar-refractivity contribution in [1.29, 1.82) is 5.41 Å². The van der Waals surface area contributed by atoms with Crippen LogP contribution in [-0.2, 0) is 6.54 Å². The molecule has 88 valence electrons. The second-order valence-corrected chi connectivity index (χ2v) is 4.70. The molecule has 1 aromatic carbocycles. The predicted molar refractivity (Wildman–Crippen MR) is 65.4 cm³/mol. The Morgan fingerprint density at radius 3 is 2.59 bits per heavy atom. The smallest absolute Gasteiger partial charge is 0.347 e. The van der Waals surface area contributed by atoms with E-state index in [-0.39, 0.29) is 9.68 Å². The average Bonchev–Trinajstić information content (AvgIpc) is 2.58. The Kier molecular flexibility index (Phi) is 3.10. The fourth-order valence-electron chi connectivity index (χ4n) is 1.66. The van der Waals surface area contributed by atoms with Crippen molar-refractivity contribution < 1.29 is 9.90 Å². The van der Waals surface area contributed by atoms with Crippen molar-refractivity contribution in [3.63, 3.8) is 0 Å². The van der Waals surface area contributed by atoms with Gasteiger partial charge in [0.15, 0.2) is 4.80 Å². The van der Waals surface area contributed by atoms with Crippen molar-refractivity contribution in [2.45, 2.75) is 13.5 Å². The maximum Gasteiger partial charge on any atom is 0.347 e. The number of carboxylic acids is 1. The van der Waals surface area contributed by atoms with Crippen molar-refractivity contribution in [3.05, 3.63) is 51.3 Å². The summed E-state index contributed by atoms with van der Waals surface area (Å²) in [6.45, 7) is 2.27. The van der Waals surface area contributed by atoms with E-state index in [1.807, 2.05) is 30.3 Å². The van der Waals surface area contributed by atoms with Gasteiger partial charge in [-0.25, -0.2) is 4.79 Å². The average molecular weight is 248 g/mol. The molecule has 0 aliphatic rings. The number of thiazole rings is 1. The van der Waals surface area contributed by atoms with Crippen LogP contribution < -0.4 is 4.80 Å². The third-order valence-electron chi connectivity index (χ3n) is 2.56. The van der Waals surface area contributed by atoms with Crippen LogP contribution in [0.25, 0.3) is 0 Å². The fourth-order valence-corrected chi connectivity index (χ4v) is 2.51. The minimum Gasteiger partial charge on any atom is -0.477 e. The number of carboxylic acid groups (broad SMARTS) is 1. The Morgan fingerprint density at radius 1 is 1.41 bits per heavy atom. The second-order valence-electron chi connectivity index (χ2n) is 3.70. The topological polar surface area (TPSA) is 66.1 Å². The van der Waals surface area contributed by atoms with E-state index in [0.29, 0.717) is 12.2 Å². The first-order chi connectivity index (χ1) is 8.09. The van der Waals surface area contributed by atoms with E-state index in [9.17, 15) is 4.79 Å². The summed E-state index contributed by atoms with van der Waals surface area (Å²) in [7, 11) is 0. The van der Waals surface area contributed by atoms with Crippen LogP contribution in [0.5, 0.6) is 0 Å². The first-order valence-corrected chi connectivity index (χ1v) is 5.93. The number of aromatic carboxylic acids is 1. The third kappa shape index (κ3) is 2.29. The Bertz CT molecular complexity index is 599. The predicted octanol–water partition coefficient (Wildman–Crippen LogP) is 2.08. The molecule has 0 saturated heterocycles. The van der Waals surface area contributed by atoms with Crippen LogP contribution in [0, 0.1) is 12.3 Å². The zero-order valence-electron chi connectivity index (χ0n) is 9.30. The van der Waals surface area contributed by atoms with E-state index in [1.54, 1.807) is 11.5 Å². The lowest BCUT2D eigenvalue weighted by Gasteiger charge is -2.05. The Hall–Kier alpha value is -1.88. The van der Waals surface area contributed by atoms with Crippen molar-refractivity contribution in [2.24, 2.45) is 0 Å². The van der Waals surface area contributed by atoms with Crippen LogP contribution in [-0.4, -0.2) is 15.6 Å². The van der Waals surface area contributed by atoms with Gasteiger partial charge < -0.3 is 9.67 Å². The van der Waals surface area contributed by atoms with Crippen molar-refractivity contribution in [1.82, 2.24) is 4.57 Å². The molecule has 0 bridgehead atoms. The van der Waals surface area contributed by atoms with Crippen LogP contribution in [0.4, 0.5) is 0 Å². The van der Waals surface area contributed by atoms with Gasteiger partial charge in [0.05, 0.1) is 6.54 Å². The van der Waals surface area contributed by atoms with Gasteiger partial charge in [0.2, 0.25) is 0 Å². The summed E-state index contributed by atoms with van der Waals surface area (Å²) in [5, 5.41) is 16.8. The second kappa shape index (κ2) is 4.55. The van der Waals surface area contributed by atoms with Gasteiger partial charge in [-0.1, -0.05) is 41.7 Å². The fraction of sp³-hybridized carbons (Fsp3) is 0.167. The highest BCUT2D eigenvalue weighted by molar-refractivity contribution is 7.11. The Labute approximate surface area is 102 Å². The molecule has 17 heavy (non-hydrogen) atoms. The van der Waals surface area contributed by atoms with E-state index >= 15 is 0 Å². The first-order valence-electron chi connectivity index (χ1n) is 5.11. The van der Waals surface area contributed by atoms with E-state index in [1.165, 1.54) is 0 Å². The van der Waals surface area contributed by atoms with Crippen molar-refractivity contribution in [2.75, 3.05) is 0 Å². The van der Waals surface area contributed by atoms with Gasteiger partial charge in [-0.3, -0.25) is 5.41 Å². The number of rotatable bonds is 3. The van der Waals surface area contributed by atoms with Crippen LogP contribution in [0.2, 0.25) is 0 Å². The van der Waals surface area contributed by atoms with Gasteiger partial charge in [0.1, 0.15) is 4.88 Å². The SMILES string of the molecule is Cc1c(C(=O)O)sc(=N)n1Cc1ccccc1. The van der Waals surface area contributed by atoms with Gasteiger partial charge in [-0.05, 0) is 12.5 Å². The number of benzene rings is 1. The molecule has 1 heterocycles. The monoisotopic (exact) mass is 248 g/mol. The Morgan fingerprint density at radius 2 is 2.06 bits per heavy atom. The number of hydrogen-bond donors (Lipinski definition) is 2. The third-order valence-corrected chi connectivity index (χ3v) is 3.64. The molecule has 1 aromatic heterocycles. The highest BCUT2D eigenvalue weighted by atomic mass is 32.1. The minimum atomic E-state index is -0.965. The van der Waals surface area contributed by atoms with E-state index < -0.39 is 5.97 Å². The van der Waals surface area contributed by atoms with E-state index in [0.717, 1.165) is 16.9 Å². The molecule has 2 aromatic rings. The molecule has 0 radical (unpaired) electrons. The first kappa shape index (κ1) is 11.6. The molecule has 0 saturated carbocycles. The number of hydrogen-bond acceptors (Lipinski definition) is 3. The lowest BCUT2D eigenvalue weighted by Crippen LogP contribution is -2.15. The molecule has 0 fully saturated rings. The van der Waals surface area contributed by atoms with Crippen LogP contribution in [0.15, 0.2) is 30.3 Å². The lowest BCUT2D eigenvalue weighted by atomic mass is 10.2. The Balaban J connectivity index is 2.41. The zero-order valence-corrected chi connectivity index (χ0v) is 10.1. The van der Waals surface area contributed by atoms with Crippen molar-refractivity contribution >= 4 is 17.3 Å². The molecule has 0 amide bonds. The molecule has 0 aliphatic carbocycles. The maximum atomic E-state index is 11.0. The van der Waals surface area contributed by atoms with Gasteiger partial charge in [0.25, 0.3) is 0 Å². The van der Waals surface area contributed by atoms with Gasteiger partial charge >= 0.3 is 5.97 Å². The molecule has 2 rings (SSSR count). The van der Waals surface area contributed by atoms with Crippen LogP contribution in [0.1, 0.15) is 20.9 Å². The van der Waals surface area contributed by atoms with Crippen LogP contribution in [0.3, 0.4) is 0 Å². The molecule has 4 nitrogen and oxygen atoms in total. The van der Waals surface area contributed by atoms with Crippen LogP contribution >= 0.6 is 11.3 Å². The molecular weight excluding hydrogens is 236 g/mol. The number of nitrogens with one attached hydrogen (secondary N) is 1. The normalized spacial score (nSPS) is 10.4. The summed E-state index contributed by atoms with van der Waals surface area (Å²) in [5.74, 6) is -0.965. The molecule has 0 spiro atoms. The number of nitrogens with zero attached hydrogens (tertiary/aromatic N) is 1. The van der Waals surface area contributed by atoms with E-state index in [4.69, 9.17) is 10.5 Å². The number of carbonyl (C=O) groups is 1. The maximum absolute atomic E-state index is 11.0. The van der Waals surface area contributed by atoms with Gasteiger partial charge in [-0.15, -0.1) is 0 Å². The zero-order chi connectivity index (χ0) is 12.4. The summed E-state index contributed by atoms with van der Waals surface area (Å²) in [5.41, 5.74) is 1.69. The highest BCUT2D eigenvalue weighted by Crippen LogP contribution is 2.13. The number of aromatic nitrogens is 1. The largest absolute Gasteiger partial charge is 0.477 e. The standard InChI is InChI=1S/C12H12N2O2S/c1-8-10(11(15)16)17-12(13)14(8)7-9-5-3-2-4-6-9/h2-6,13H,7H2,1H3,(H,15,16). The highest BCUT2D eigenvalue weighted by Gasteiger charge is 2.14. The molecule has 2 N–H and O–H groups in total.